The standard InChI is InChI=1S/C26H20ClN3O3S/c1-16-23(24(29-33-16)19-10-6-7-11-20(19)27)25(31)30(15-17-8-4-3-5-9-17)26-28-21-13-12-18(32-2)14-22(21)34-26/h3-14H,15H2,1-2H3. The molecule has 0 unspecified atom stereocenters. The molecule has 0 N–H and O–H groups in total. The van der Waals surface area contributed by atoms with Gasteiger partial charge in [-0.2, -0.15) is 0 Å². The number of fused-ring (bicyclic) bond motifs is 1. The van der Waals surface area contributed by atoms with Crippen LogP contribution < -0.4 is 9.64 Å². The van der Waals surface area contributed by atoms with E-state index in [2.05, 4.69) is 5.16 Å². The van der Waals surface area contributed by atoms with E-state index in [4.69, 9.17) is 25.8 Å². The molecule has 0 aliphatic heterocycles. The molecule has 1 amide bonds. The Kier molecular flexibility index (Phi) is 6.04. The van der Waals surface area contributed by atoms with Crippen molar-refractivity contribution in [1.82, 2.24) is 10.1 Å². The Morgan fingerprint density at radius 1 is 1.09 bits per heavy atom. The summed E-state index contributed by atoms with van der Waals surface area (Å²) >= 11 is 7.85. The van der Waals surface area contributed by atoms with Crippen LogP contribution in [0.1, 0.15) is 21.7 Å². The molecular weight excluding hydrogens is 470 g/mol. The number of amides is 1. The SMILES string of the molecule is COc1ccc2nc(N(Cc3ccccc3)C(=O)c3c(-c4ccccc4Cl)noc3C)sc2c1. The highest BCUT2D eigenvalue weighted by Crippen LogP contribution is 2.36. The summed E-state index contributed by atoms with van der Waals surface area (Å²) < 4.78 is 11.7. The Morgan fingerprint density at radius 3 is 2.62 bits per heavy atom. The number of hydrogen-bond acceptors (Lipinski definition) is 6. The zero-order chi connectivity index (χ0) is 23.7. The number of rotatable bonds is 6. The summed E-state index contributed by atoms with van der Waals surface area (Å²) in [7, 11) is 1.62. The molecule has 8 heteroatoms. The topological polar surface area (TPSA) is 68.5 Å². The number of hydrogen-bond donors (Lipinski definition) is 0. The van der Waals surface area contributed by atoms with Crippen LogP contribution in [-0.4, -0.2) is 23.2 Å². The average molecular weight is 490 g/mol. The lowest BCUT2D eigenvalue weighted by molar-refractivity contribution is 0.0984. The van der Waals surface area contributed by atoms with E-state index >= 15 is 0 Å². The fraction of sp³-hybridized carbons (Fsp3) is 0.115. The summed E-state index contributed by atoms with van der Waals surface area (Å²) in [6.45, 7) is 2.06. The summed E-state index contributed by atoms with van der Waals surface area (Å²) in [6, 6.07) is 22.7. The van der Waals surface area contributed by atoms with Crippen molar-refractivity contribution < 1.29 is 14.1 Å². The number of thiazole rings is 1. The van der Waals surface area contributed by atoms with E-state index in [-0.39, 0.29) is 5.91 Å². The third kappa shape index (κ3) is 4.16. The zero-order valence-corrected chi connectivity index (χ0v) is 20.1. The molecule has 0 atom stereocenters. The first-order valence-corrected chi connectivity index (χ1v) is 11.8. The van der Waals surface area contributed by atoms with Crippen LogP contribution in [0.15, 0.2) is 77.3 Å². The zero-order valence-electron chi connectivity index (χ0n) is 18.5. The van der Waals surface area contributed by atoms with Crippen LogP contribution in [-0.2, 0) is 6.54 Å². The number of aromatic nitrogens is 2. The second kappa shape index (κ2) is 9.29. The number of halogens is 1. The minimum atomic E-state index is -0.261. The highest BCUT2D eigenvalue weighted by Gasteiger charge is 2.30. The normalized spacial score (nSPS) is 11.0. The number of benzene rings is 3. The first-order chi connectivity index (χ1) is 16.5. The summed E-state index contributed by atoms with van der Waals surface area (Å²) in [5.41, 5.74) is 3.17. The predicted octanol–water partition coefficient (Wildman–Crippen LogP) is 6.77. The molecule has 2 heterocycles. The Hall–Kier alpha value is -3.68. The largest absolute Gasteiger partial charge is 0.497 e. The van der Waals surface area contributed by atoms with Crippen molar-refractivity contribution >= 4 is 44.2 Å². The highest BCUT2D eigenvalue weighted by molar-refractivity contribution is 7.22. The number of anilines is 1. The van der Waals surface area contributed by atoms with Gasteiger partial charge in [0.05, 0.1) is 28.9 Å². The average Bonchev–Trinajstić information content (AvgIpc) is 3.45. The molecule has 2 aromatic heterocycles. The monoisotopic (exact) mass is 489 g/mol. The van der Waals surface area contributed by atoms with Gasteiger partial charge in [-0.3, -0.25) is 9.69 Å². The Labute approximate surface area is 205 Å². The molecule has 5 aromatic rings. The van der Waals surface area contributed by atoms with E-state index in [1.54, 1.807) is 25.0 Å². The number of carbonyl (C=O) groups excluding carboxylic acids is 1. The van der Waals surface area contributed by atoms with Crippen molar-refractivity contribution in [2.75, 3.05) is 12.0 Å². The lowest BCUT2D eigenvalue weighted by atomic mass is 10.0. The lowest BCUT2D eigenvalue weighted by Gasteiger charge is -2.20. The molecule has 0 aliphatic rings. The summed E-state index contributed by atoms with van der Waals surface area (Å²) in [6.07, 6.45) is 0. The first-order valence-electron chi connectivity index (χ1n) is 10.6. The van der Waals surface area contributed by atoms with Gasteiger partial charge in [-0.15, -0.1) is 0 Å². The molecule has 6 nitrogen and oxygen atoms in total. The Bertz CT molecular complexity index is 1480. The summed E-state index contributed by atoms with van der Waals surface area (Å²) in [4.78, 5) is 20.5. The molecule has 34 heavy (non-hydrogen) atoms. The summed E-state index contributed by atoms with van der Waals surface area (Å²) in [5.74, 6) is 0.892. The van der Waals surface area contributed by atoms with Crippen LogP contribution in [0.5, 0.6) is 5.75 Å². The van der Waals surface area contributed by atoms with Crippen LogP contribution in [0.3, 0.4) is 0 Å². The van der Waals surface area contributed by atoms with E-state index in [9.17, 15) is 4.79 Å². The van der Waals surface area contributed by atoms with E-state index in [1.165, 1.54) is 11.3 Å². The second-order valence-corrected chi connectivity index (χ2v) is 9.07. The van der Waals surface area contributed by atoms with Crippen molar-refractivity contribution in [3.63, 3.8) is 0 Å². The number of aryl methyl sites for hydroxylation is 1. The van der Waals surface area contributed by atoms with Gasteiger partial charge in [0.1, 0.15) is 22.8 Å². The van der Waals surface area contributed by atoms with E-state index in [0.717, 1.165) is 21.5 Å². The molecular formula is C26H20ClN3O3S. The van der Waals surface area contributed by atoms with Crippen molar-refractivity contribution in [1.29, 1.82) is 0 Å². The van der Waals surface area contributed by atoms with Crippen molar-refractivity contribution in [2.45, 2.75) is 13.5 Å². The highest BCUT2D eigenvalue weighted by atomic mass is 35.5. The fourth-order valence-corrected chi connectivity index (χ4v) is 4.94. The smallest absolute Gasteiger partial charge is 0.266 e. The van der Waals surface area contributed by atoms with Gasteiger partial charge in [0.2, 0.25) is 0 Å². The molecule has 170 valence electrons. The Balaban J connectivity index is 1.63. The molecule has 0 saturated heterocycles. The van der Waals surface area contributed by atoms with Gasteiger partial charge >= 0.3 is 0 Å². The van der Waals surface area contributed by atoms with Crippen molar-refractivity contribution in [3.8, 4) is 17.0 Å². The Morgan fingerprint density at radius 2 is 1.85 bits per heavy atom. The van der Waals surface area contributed by atoms with Crippen LogP contribution in [0, 0.1) is 6.92 Å². The lowest BCUT2D eigenvalue weighted by Crippen LogP contribution is -2.31. The molecule has 0 bridgehead atoms. The van der Waals surface area contributed by atoms with Crippen LogP contribution in [0.25, 0.3) is 21.5 Å². The van der Waals surface area contributed by atoms with Crippen LogP contribution >= 0.6 is 22.9 Å². The number of methoxy groups -OCH3 is 1. The van der Waals surface area contributed by atoms with Crippen molar-refractivity contribution in [3.05, 3.63) is 94.7 Å². The number of nitrogens with zero attached hydrogens (tertiary/aromatic N) is 3. The van der Waals surface area contributed by atoms with E-state index < -0.39 is 0 Å². The van der Waals surface area contributed by atoms with Crippen molar-refractivity contribution in [2.24, 2.45) is 0 Å². The minimum Gasteiger partial charge on any atom is -0.497 e. The summed E-state index contributed by atoms with van der Waals surface area (Å²) in [5, 5.41) is 5.24. The molecule has 0 spiro atoms. The van der Waals surface area contributed by atoms with E-state index in [0.29, 0.717) is 39.3 Å². The van der Waals surface area contributed by atoms with Gasteiger partial charge in [0.25, 0.3) is 5.91 Å². The van der Waals surface area contributed by atoms with Crippen LogP contribution in [0.4, 0.5) is 5.13 Å². The van der Waals surface area contributed by atoms with Gasteiger partial charge in [-0.1, -0.05) is 76.6 Å². The predicted molar refractivity (Wildman–Crippen MR) is 135 cm³/mol. The minimum absolute atomic E-state index is 0.261. The molecule has 3 aromatic carbocycles. The fourth-order valence-electron chi connectivity index (χ4n) is 3.72. The van der Waals surface area contributed by atoms with Gasteiger partial charge in [-0.05, 0) is 36.8 Å². The molecule has 0 saturated carbocycles. The quantitative estimate of drug-likeness (QED) is 0.263. The van der Waals surface area contributed by atoms with Crippen LogP contribution in [0.2, 0.25) is 5.02 Å². The number of carbonyl (C=O) groups is 1. The molecule has 0 fully saturated rings. The second-order valence-electron chi connectivity index (χ2n) is 7.65. The molecule has 5 rings (SSSR count). The van der Waals surface area contributed by atoms with Gasteiger partial charge in [0.15, 0.2) is 5.13 Å². The molecule has 0 aliphatic carbocycles. The maximum atomic E-state index is 14.1. The third-order valence-corrected chi connectivity index (χ3v) is 6.82. The van der Waals surface area contributed by atoms with Gasteiger partial charge in [-0.25, -0.2) is 4.98 Å². The maximum absolute atomic E-state index is 14.1. The van der Waals surface area contributed by atoms with Gasteiger partial charge in [0, 0.05) is 5.56 Å². The maximum Gasteiger partial charge on any atom is 0.266 e. The number of ether oxygens (including phenoxy) is 1. The first kappa shape index (κ1) is 22.1. The van der Waals surface area contributed by atoms with Gasteiger partial charge < -0.3 is 9.26 Å². The molecule has 0 radical (unpaired) electrons. The van der Waals surface area contributed by atoms with E-state index in [1.807, 2.05) is 66.7 Å². The third-order valence-electron chi connectivity index (χ3n) is 5.45.